The van der Waals surface area contributed by atoms with Crippen LogP contribution in [0.5, 0.6) is 5.75 Å². The molecule has 6 heteroatoms. The Hall–Kier alpha value is -2.11. The predicted octanol–water partition coefficient (Wildman–Crippen LogP) is 0.920. The molecule has 0 aliphatic carbocycles. The van der Waals surface area contributed by atoms with Crippen molar-refractivity contribution in [3.8, 4) is 5.75 Å². The van der Waals surface area contributed by atoms with E-state index in [1.54, 1.807) is 26.1 Å². The molecule has 0 aliphatic rings. The lowest BCUT2D eigenvalue weighted by atomic mass is 10.4. The number of esters is 1. The van der Waals surface area contributed by atoms with Gasteiger partial charge in [0, 0.05) is 11.9 Å². The van der Waals surface area contributed by atoms with Crippen molar-refractivity contribution in [2.75, 3.05) is 6.61 Å². The molecule has 0 bridgehead atoms. The van der Waals surface area contributed by atoms with E-state index < -0.39 is 5.97 Å². The van der Waals surface area contributed by atoms with E-state index in [1.807, 2.05) is 0 Å². The molecular weight excluding hydrogens is 210 g/mol. The van der Waals surface area contributed by atoms with Crippen LogP contribution < -0.4 is 0 Å². The normalized spacial score (nSPS) is 10.6. The van der Waals surface area contributed by atoms with Crippen molar-refractivity contribution < 1.29 is 14.6 Å². The van der Waals surface area contributed by atoms with Crippen LogP contribution in [0.2, 0.25) is 0 Å². The molecule has 1 N–H and O–H groups in total. The zero-order valence-electron chi connectivity index (χ0n) is 8.97. The highest BCUT2D eigenvalue weighted by molar-refractivity contribution is 5.92. The lowest BCUT2D eigenvalue weighted by molar-refractivity contribution is 0.0516. The van der Waals surface area contributed by atoms with E-state index >= 15 is 0 Å². The first-order valence-corrected chi connectivity index (χ1v) is 4.85. The molecule has 0 atom stereocenters. The summed E-state index contributed by atoms with van der Waals surface area (Å²) in [6.07, 6.45) is 1.63. The molecule has 0 aliphatic heterocycles. The molecule has 6 nitrogen and oxygen atoms in total. The van der Waals surface area contributed by atoms with Crippen molar-refractivity contribution in [1.29, 1.82) is 0 Å². The van der Waals surface area contributed by atoms with Gasteiger partial charge in [0.2, 0.25) is 5.69 Å². The molecule has 16 heavy (non-hydrogen) atoms. The van der Waals surface area contributed by atoms with Crippen molar-refractivity contribution in [1.82, 2.24) is 14.6 Å². The monoisotopic (exact) mass is 221 g/mol. The van der Waals surface area contributed by atoms with Gasteiger partial charge in [-0.3, -0.25) is 0 Å². The van der Waals surface area contributed by atoms with E-state index in [1.165, 1.54) is 4.52 Å². The Bertz CT molecular complexity index is 547. The summed E-state index contributed by atoms with van der Waals surface area (Å²) in [4.78, 5) is 15.5. The average molecular weight is 221 g/mol. The summed E-state index contributed by atoms with van der Waals surface area (Å²) >= 11 is 0. The molecule has 0 saturated heterocycles. The van der Waals surface area contributed by atoms with Crippen LogP contribution in [0.1, 0.15) is 23.1 Å². The number of carbonyl (C=O) groups excluding carboxylic acids is 1. The maximum absolute atomic E-state index is 11.4. The van der Waals surface area contributed by atoms with Gasteiger partial charge in [0.25, 0.3) is 0 Å². The number of fused-ring (bicyclic) bond motifs is 1. The first kappa shape index (κ1) is 10.4. The third kappa shape index (κ3) is 1.58. The molecular formula is C10H11N3O3. The van der Waals surface area contributed by atoms with Crippen molar-refractivity contribution in [3.05, 3.63) is 23.7 Å². The minimum absolute atomic E-state index is 0.111. The first-order chi connectivity index (χ1) is 7.63. The van der Waals surface area contributed by atoms with Crippen LogP contribution in [-0.4, -0.2) is 32.3 Å². The number of aryl methyl sites for hydroxylation is 1. The summed E-state index contributed by atoms with van der Waals surface area (Å²) in [6.45, 7) is 3.71. The molecule has 84 valence electrons. The van der Waals surface area contributed by atoms with Gasteiger partial charge in [-0.15, -0.1) is 0 Å². The van der Waals surface area contributed by atoms with E-state index in [2.05, 4.69) is 10.1 Å². The van der Waals surface area contributed by atoms with Gasteiger partial charge in [0.1, 0.15) is 0 Å². The number of nitrogens with zero attached hydrogens (tertiary/aromatic N) is 3. The molecule has 0 spiro atoms. The number of aromatic nitrogens is 3. The zero-order valence-corrected chi connectivity index (χ0v) is 8.97. The van der Waals surface area contributed by atoms with Crippen molar-refractivity contribution in [2.24, 2.45) is 0 Å². The van der Waals surface area contributed by atoms with Crippen LogP contribution in [-0.2, 0) is 4.74 Å². The highest BCUT2D eigenvalue weighted by atomic mass is 16.5. The van der Waals surface area contributed by atoms with Crippen LogP contribution in [0.4, 0.5) is 0 Å². The van der Waals surface area contributed by atoms with Crippen LogP contribution >= 0.6 is 0 Å². The third-order valence-corrected chi connectivity index (χ3v) is 2.07. The second kappa shape index (κ2) is 3.80. The van der Waals surface area contributed by atoms with Gasteiger partial charge in [0.15, 0.2) is 11.4 Å². The SMILES string of the molecule is CCOC(=O)c1nn2ccc(C)nc2c1O. The second-order valence-corrected chi connectivity index (χ2v) is 3.25. The van der Waals surface area contributed by atoms with Gasteiger partial charge in [-0.2, -0.15) is 5.10 Å². The average Bonchev–Trinajstić information content (AvgIpc) is 2.57. The highest BCUT2D eigenvalue weighted by Crippen LogP contribution is 2.22. The summed E-state index contributed by atoms with van der Waals surface area (Å²) in [6, 6.07) is 1.73. The molecule has 0 unspecified atom stereocenters. The van der Waals surface area contributed by atoms with E-state index in [4.69, 9.17) is 4.74 Å². The summed E-state index contributed by atoms with van der Waals surface area (Å²) in [5, 5.41) is 13.7. The first-order valence-electron chi connectivity index (χ1n) is 4.85. The summed E-state index contributed by atoms with van der Waals surface area (Å²) < 4.78 is 6.11. The number of carbonyl (C=O) groups is 1. The molecule has 0 amide bonds. The Morgan fingerprint density at radius 3 is 3.06 bits per heavy atom. The van der Waals surface area contributed by atoms with E-state index in [-0.39, 0.29) is 23.7 Å². The van der Waals surface area contributed by atoms with Gasteiger partial charge < -0.3 is 9.84 Å². The fraction of sp³-hybridized carbons (Fsp3) is 0.300. The van der Waals surface area contributed by atoms with E-state index in [9.17, 15) is 9.90 Å². The largest absolute Gasteiger partial charge is 0.502 e. The van der Waals surface area contributed by atoms with Gasteiger partial charge in [-0.1, -0.05) is 0 Å². The number of hydrogen-bond donors (Lipinski definition) is 1. The number of rotatable bonds is 2. The van der Waals surface area contributed by atoms with Gasteiger partial charge in [-0.25, -0.2) is 14.3 Å². The third-order valence-electron chi connectivity index (χ3n) is 2.07. The Morgan fingerprint density at radius 2 is 2.38 bits per heavy atom. The van der Waals surface area contributed by atoms with Crippen molar-refractivity contribution in [3.63, 3.8) is 0 Å². The zero-order chi connectivity index (χ0) is 11.7. The Labute approximate surface area is 91.5 Å². The van der Waals surface area contributed by atoms with E-state index in [0.29, 0.717) is 0 Å². The molecule has 2 rings (SSSR count). The second-order valence-electron chi connectivity index (χ2n) is 3.25. The Morgan fingerprint density at radius 1 is 1.62 bits per heavy atom. The molecule has 2 heterocycles. The quantitative estimate of drug-likeness (QED) is 0.763. The standard InChI is InChI=1S/C10H11N3O3/c1-3-16-10(15)7-8(14)9-11-6(2)4-5-13(9)12-7/h4-5,14H,3H2,1-2H3. The molecule has 0 radical (unpaired) electrons. The Balaban J connectivity index is 2.56. The molecule has 0 saturated carbocycles. The Kier molecular flexibility index (Phi) is 2.47. The molecule has 2 aromatic heterocycles. The topological polar surface area (TPSA) is 76.7 Å². The maximum Gasteiger partial charge on any atom is 0.362 e. The maximum atomic E-state index is 11.4. The van der Waals surface area contributed by atoms with E-state index in [0.717, 1.165) is 5.69 Å². The number of hydrogen-bond acceptors (Lipinski definition) is 5. The minimum atomic E-state index is -0.650. The van der Waals surface area contributed by atoms with Gasteiger partial charge in [0.05, 0.1) is 6.61 Å². The predicted molar refractivity (Wildman–Crippen MR) is 55.3 cm³/mol. The molecule has 0 aromatic carbocycles. The highest BCUT2D eigenvalue weighted by Gasteiger charge is 2.20. The van der Waals surface area contributed by atoms with Crippen molar-refractivity contribution in [2.45, 2.75) is 13.8 Å². The van der Waals surface area contributed by atoms with Crippen LogP contribution in [0.25, 0.3) is 5.65 Å². The fourth-order valence-electron chi connectivity index (χ4n) is 1.34. The summed E-state index contributed by atoms with van der Waals surface area (Å²) in [5.41, 5.74) is 0.876. The van der Waals surface area contributed by atoms with Crippen LogP contribution in [0, 0.1) is 6.92 Å². The number of ether oxygens (including phenoxy) is 1. The van der Waals surface area contributed by atoms with Gasteiger partial charge in [-0.05, 0) is 19.9 Å². The lowest BCUT2D eigenvalue weighted by Crippen LogP contribution is -2.05. The van der Waals surface area contributed by atoms with Crippen LogP contribution in [0.3, 0.4) is 0 Å². The minimum Gasteiger partial charge on any atom is -0.502 e. The lowest BCUT2D eigenvalue weighted by Gasteiger charge is -1.96. The number of aromatic hydroxyl groups is 1. The summed E-state index contributed by atoms with van der Waals surface area (Å²) in [5.74, 6) is -0.898. The van der Waals surface area contributed by atoms with Gasteiger partial charge >= 0.3 is 5.97 Å². The van der Waals surface area contributed by atoms with Crippen molar-refractivity contribution >= 4 is 11.6 Å². The van der Waals surface area contributed by atoms with Crippen LogP contribution in [0.15, 0.2) is 12.3 Å². The molecule has 2 aromatic rings. The fourth-order valence-corrected chi connectivity index (χ4v) is 1.34. The molecule has 0 fully saturated rings. The summed E-state index contributed by atoms with van der Waals surface area (Å²) in [7, 11) is 0. The smallest absolute Gasteiger partial charge is 0.362 e.